The zero-order valence-electron chi connectivity index (χ0n) is 51.0. The van der Waals surface area contributed by atoms with Gasteiger partial charge in [0.2, 0.25) is 11.9 Å². The number of aromatic amines is 2. The monoisotopic (exact) mass is 1490 g/mol. The summed E-state index contributed by atoms with van der Waals surface area (Å²) in [6, 6.07) is 0. The molecule has 0 saturated carbocycles. The Morgan fingerprint density at radius 1 is 0.562 bits per heavy atom. The summed E-state index contributed by atoms with van der Waals surface area (Å²) in [5.41, 5.74) is 22.9. The number of methoxy groups -OCH3 is 2. The molecule has 18 unspecified atom stereocenters. The van der Waals surface area contributed by atoms with Crippen molar-refractivity contribution in [3.63, 3.8) is 0 Å². The number of nitrogens with two attached hydrogens (primary N) is 4. The molecule has 6 aliphatic heterocycles. The third-order valence-electron chi connectivity index (χ3n) is 14.8. The fourth-order valence-electron chi connectivity index (χ4n) is 10.9. The van der Waals surface area contributed by atoms with Crippen LogP contribution >= 0.6 is 28.5 Å². The maximum atomic E-state index is 16.1. The molecule has 14 rings (SSSR count). The number of nitrogen functional groups attached to an aromatic ring is 4. The van der Waals surface area contributed by atoms with E-state index in [2.05, 4.69) is 59.8 Å². The van der Waals surface area contributed by atoms with Crippen molar-refractivity contribution in [3.05, 3.63) is 58.7 Å². The number of anilines is 4. The molecular weight excluding hydrogens is 1430 g/mol. The number of aromatic nitrogens is 16. The molecule has 0 spiro atoms. The molecular formula is C42H60B2F2N22Na2O20P4S2-4. The zero-order chi connectivity index (χ0) is 65.1. The quantitative estimate of drug-likeness (QED) is 0.0435. The summed E-state index contributed by atoms with van der Waals surface area (Å²) in [5, 5.41) is 0. The number of nitrogens with zero attached hydrogens (tertiary/aromatic N) is 14. The molecule has 0 amide bonds. The third kappa shape index (κ3) is 14.7. The van der Waals surface area contributed by atoms with Crippen LogP contribution in [-0.2, 0) is 102 Å². The Hall–Kier alpha value is -4.00. The Balaban J connectivity index is 0.000000260. The van der Waals surface area contributed by atoms with Crippen molar-refractivity contribution in [2.24, 2.45) is 0 Å². The second-order valence-corrected chi connectivity index (χ2v) is 27.3. The molecule has 6 fully saturated rings. The van der Waals surface area contributed by atoms with Crippen molar-refractivity contribution >= 4 is 136 Å². The Morgan fingerprint density at radius 2 is 0.927 bits per heavy atom. The van der Waals surface area contributed by atoms with E-state index in [0.29, 0.717) is 0 Å². The van der Waals surface area contributed by atoms with Crippen LogP contribution < -0.4 is 110 Å². The van der Waals surface area contributed by atoms with Crippen molar-refractivity contribution in [3.8, 4) is 0 Å². The maximum absolute atomic E-state index is 16.1. The normalized spacial score (nSPS) is 35.6. The Kier molecular flexibility index (Phi) is 23.4. The number of rotatable bonds is 6. The number of nitrogens with one attached hydrogen (secondary N) is 2. The summed E-state index contributed by atoms with van der Waals surface area (Å²) in [5.74, 6) is -0.218. The predicted molar refractivity (Wildman–Crippen MR) is 332 cm³/mol. The number of fused-ring (bicyclic) bond motifs is 10. The molecule has 96 heavy (non-hydrogen) atoms. The van der Waals surface area contributed by atoms with E-state index in [9.17, 15) is 28.2 Å². The van der Waals surface area contributed by atoms with Crippen LogP contribution in [0.1, 0.15) is 27.8 Å². The van der Waals surface area contributed by atoms with Crippen LogP contribution in [0.25, 0.3) is 44.7 Å². The van der Waals surface area contributed by atoms with Crippen LogP contribution in [0.15, 0.2) is 47.6 Å². The molecule has 16 N–H and O–H groups in total. The number of H-pyrrole nitrogens is 2. The van der Waals surface area contributed by atoms with Crippen LogP contribution in [0.5, 0.6) is 0 Å². The van der Waals surface area contributed by atoms with Crippen LogP contribution in [0.2, 0.25) is 0 Å². The number of hydrogen-bond acceptors (Lipinski definition) is 38. The van der Waals surface area contributed by atoms with Crippen LogP contribution in [0, 0.1) is 0 Å². The average Bonchev–Trinajstić information content (AvgIpc) is 1.63. The van der Waals surface area contributed by atoms with Gasteiger partial charge in [0, 0.05) is 14.2 Å². The number of ether oxygens (including phenoxy) is 6. The minimum atomic E-state index is -4.44. The van der Waals surface area contributed by atoms with E-state index >= 15 is 8.78 Å². The summed E-state index contributed by atoms with van der Waals surface area (Å²) >= 11 is 10.3. The second kappa shape index (κ2) is 29.5. The molecule has 54 heteroatoms. The van der Waals surface area contributed by atoms with Gasteiger partial charge in [-0.3, -0.25) is 42.4 Å². The summed E-state index contributed by atoms with van der Waals surface area (Å²) < 4.78 is 160. The van der Waals surface area contributed by atoms with Crippen molar-refractivity contribution in [1.29, 1.82) is 0 Å². The van der Waals surface area contributed by atoms with E-state index in [4.69, 9.17) is 112 Å². The number of alkyl halides is 2. The number of imidazole rings is 4. The molecule has 8 aromatic rings. The molecule has 4 bridgehead atoms. The van der Waals surface area contributed by atoms with E-state index in [1.54, 1.807) is 0 Å². The fraction of sp³-hybridized carbons (Fsp3) is 0.524. The predicted octanol–water partition coefficient (Wildman–Crippen LogP) is -8.08. The van der Waals surface area contributed by atoms with Crippen LogP contribution in [-0.4, -0.2) is 207 Å². The molecule has 8 aromatic heterocycles. The van der Waals surface area contributed by atoms with Gasteiger partial charge in [0.1, 0.15) is 106 Å². The van der Waals surface area contributed by atoms with Gasteiger partial charge >= 0.3 is 59.1 Å². The molecule has 20 atom stereocenters. The number of hydrogen-bond donors (Lipinski definition) is 8. The molecule has 6 saturated heterocycles. The Morgan fingerprint density at radius 3 is 1.34 bits per heavy atom. The fourth-order valence-corrected chi connectivity index (χ4v) is 15.2. The van der Waals surface area contributed by atoms with Crippen molar-refractivity contribution in [2.75, 3.05) is 63.6 Å². The topological polar surface area (TPSA) is 592 Å². The van der Waals surface area contributed by atoms with Gasteiger partial charge in [-0.15, -0.1) is 0 Å². The van der Waals surface area contributed by atoms with Crippen molar-refractivity contribution in [2.45, 2.75) is 98.3 Å². The van der Waals surface area contributed by atoms with Gasteiger partial charge in [-0.2, -0.15) is 9.97 Å². The molecule has 42 nitrogen and oxygen atoms in total. The molecule has 516 valence electrons. The maximum Gasteiger partial charge on any atom is 1.00 e. The Labute approximate surface area is 596 Å². The van der Waals surface area contributed by atoms with E-state index in [-0.39, 0.29) is 142 Å². The summed E-state index contributed by atoms with van der Waals surface area (Å²) in [6.45, 7) is -10.8. The summed E-state index contributed by atoms with van der Waals surface area (Å²) in [6.07, 6.45) is -13.6. The van der Waals surface area contributed by atoms with E-state index in [1.807, 2.05) is 0 Å². The van der Waals surface area contributed by atoms with Gasteiger partial charge in [0.25, 0.3) is 11.1 Å². The van der Waals surface area contributed by atoms with E-state index < -0.39 is 179 Å². The van der Waals surface area contributed by atoms with Crippen LogP contribution in [0.4, 0.5) is 32.3 Å². The summed E-state index contributed by atoms with van der Waals surface area (Å²) in [4.78, 5) is 83.8. The first-order valence-electron chi connectivity index (χ1n) is 26.2. The standard InChI is InChI=1S/2C21H27BFN10O10P2S.2H3N.2Na.2H/c2*1-37-13-8-3-39-45(36,46)43-12-7(40-19(9(12)23)32-5-28-10-15(24)26-4-27-16(10)32)2-38-44(22,35)42-14(13)20(41-8)33-6-29-11-17(33)30-21(25)31-18(11)34;;;;;;/h2*4-9,12-14,19-20H,2-3H2,1,22H3,(H,36,46)(H2,24,26,27)(H3,25,30,31,34);2*1H3;;;;/q2*-1;;;2*+1;2*-1/p-2/t2*7?,8?,9?,12?,13?,14?,19?,20?,44-,45?;;;;;;/m00....../s1. The van der Waals surface area contributed by atoms with Gasteiger partial charge in [-0.1, -0.05) is 11.8 Å². The second-order valence-electron chi connectivity index (χ2n) is 20.1. The van der Waals surface area contributed by atoms with Crippen LogP contribution in [0.3, 0.4) is 0 Å². The SMILES string of the molecule is N.N.[BH3-][P@]1(=O)OCC2OC(n3cnc4c(N)ncnc43)C(F)C2OP(=O)([S-])OCC2OC(n3cnc4c(=O)[nH]c(N)nc43)C(O1)C2OC.[BH3-][P@]1(=O)OCC2OC(n3cnc4c(N)ncnc43)C(F)C2OP([O-])(=S)OCC2OC(n3cnc4c(=O)[nH]c(N)nc43)C(O1)C2OC.[H-].[H-].[Na+].[Na+]. The zero-order valence-corrected chi connectivity index (χ0v) is 58.3. The first-order valence-corrected chi connectivity index (χ1v) is 33.5. The molecule has 0 radical (unpaired) electrons. The van der Waals surface area contributed by atoms with Gasteiger partial charge in [0.05, 0.1) is 66.9 Å². The van der Waals surface area contributed by atoms with E-state index in [0.717, 1.165) is 0 Å². The number of halogens is 2. The molecule has 14 heterocycles. The van der Waals surface area contributed by atoms with Crippen molar-refractivity contribution in [1.82, 2.24) is 90.4 Å². The van der Waals surface area contributed by atoms with Gasteiger partial charge in [-0.05, 0) is 0 Å². The summed E-state index contributed by atoms with van der Waals surface area (Å²) in [7, 11) is -7.35. The van der Waals surface area contributed by atoms with Gasteiger partial charge < -0.3 is 129 Å². The smallest absolute Gasteiger partial charge is 1.00 e. The minimum Gasteiger partial charge on any atom is -1.00 e. The molecule has 6 aliphatic rings. The molecule has 0 aliphatic carbocycles. The molecule has 0 aromatic carbocycles. The first-order chi connectivity index (χ1) is 43.7. The van der Waals surface area contributed by atoms with Crippen molar-refractivity contribution < 1.29 is 154 Å². The van der Waals surface area contributed by atoms with Gasteiger partial charge in [-0.25, -0.2) is 48.7 Å². The minimum absolute atomic E-state index is 0. The van der Waals surface area contributed by atoms with Gasteiger partial charge in [0.15, 0.2) is 89.3 Å². The average molecular weight is 1490 g/mol. The Bertz CT molecular complexity index is 4250. The third-order valence-corrected chi connectivity index (χ3v) is 19.5. The van der Waals surface area contributed by atoms with E-state index in [1.165, 1.54) is 70.5 Å². The first kappa shape index (κ1) is 76.2. The largest absolute Gasteiger partial charge is 1.00 e.